The van der Waals surface area contributed by atoms with E-state index in [-0.39, 0.29) is 17.8 Å². The average Bonchev–Trinajstić information content (AvgIpc) is 2.19. The summed E-state index contributed by atoms with van der Waals surface area (Å²) in [5.74, 6) is 0.0331. The van der Waals surface area contributed by atoms with E-state index in [0.717, 1.165) is 5.69 Å². The summed E-state index contributed by atoms with van der Waals surface area (Å²) in [6.45, 7) is 3.73. The molecule has 1 aromatic rings. The van der Waals surface area contributed by atoms with Crippen LogP contribution in [-0.2, 0) is 0 Å². The first-order valence-electron chi connectivity index (χ1n) is 5.11. The van der Waals surface area contributed by atoms with E-state index in [1.807, 2.05) is 13.8 Å². The van der Waals surface area contributed by atoms with E-state index < -0.39 is 0 Å². The van der Waals surface area contributed by atoms with Gasteiger partial charge in [0.2, 0.25) is 0 Å². The predicted molar refractivity (Wildman–Crippen MR) is 64.9 cm³/mol. The van der Waals surface area contributed by atoms with Crippen LogP contribution >= 0.6 is 0 Å². The maximum Gasteiger partial charge on any atom is 0.319 e. The number of phenolic OH excluding ortho intramolecular Hbond substituents is 1. The topological polar surface area (TPSA) is 73.4 Å². The van der Waals surface area contributed by atoms with Gasteiger partial charge in [0.15, 0.2) is 0 Å². The molecule has 0 aliphatic heterocycles. The number of carbonyl (C=O) groups excluding carboxylic acids is 1. The SMILES string of the molecule is CNc1ccc(NC(=O)NC(C)C)c(O)c1. The van der Waals surface area contributed by atoms with Crippen LogP contribution in [0.15, 0.2) is 18.2 Å². The van der Waals surface area contributed by atoms with Crippen LogP contribution < -0.4 is 16.0 Å². The Morgan fingerprint density at radius 2 is 2.06 bits per heavy atom. The van der Waals surface area contributed by atoms with Crippen molar-refractivity contribution in [2.75, 3.05) is 17.7 Å². The van der Waals surface area contributed by atoms with Gasteiger partial charge in [-0.3, -0.25) is 0 Å². The van der Waals surface area contributed by atoms with Gasteiger partial charge in [-0.25, -0.2) is 4.79 Å². The number of hydrogen-bond donors (Lipinski definition) is 4. The number of phenols is 1. The predicted octanol–water partition coefficient (Wildman–Crippen LogP) is 1.96. The number of benzene rings is 1. The third-order valence-corrected chi connectivity index (χ3v) is 1.95. The lowest BCUT2D eigenvalue weighted by Gasteiger charge is -2.11. The van der Waals surface area contributed by atoms with Crippen LogP contribution in [0.25, 0.3) is 0 Å². The molecule has 1 aromatic carbocycles. The summed E-state index contributed by atoms with van der Waals surface area (Å²) in [7, 11) is 1.76. The molecule has 0 heterocycles. The van der Waals surface area contributed by atoms with Crippen molar-refractivity contribution in [2.45, 2.75) is 19.9 Å². The summed E-state index contributed by atoms with van der Waals surface area (Å²) in [5, 5.41) is 17.8. The Morgan fingerprint density at radius 3 is 2.56 bits per heavy atom. The van der Waals surface area contributed by atoms with E-state index in [0.29, 0.717) is 5.69 Å². The second-order valence-electron chi connectivity index (χ2n) is 3.74. The third-order valence-electron chi connectivity index (χ3n) is 1.95. The van der Waals surface area contributed by atoms with Crippen LogP contribution in [-0.4, -0.2) is 24.2 Å². The molecular formula is C11H17N3O2. The molecule has 5 nitrogen and oxygen atoms in total. The molecule has 2 amide bonds. The smallest absolute Gasteiger partial charge is 0.319 e. The van der Waals surface area contributed by atoms with E-state index in [1.54, 1.807) is 25.2 Å². The molecule has 0 aliphatic rings. The maximum atomic E-state index is 11.4. The molecule has 0 radical (unpaired) electrons. The number of amides is 2. The van der Waals surface area contributed by atoms with Crippen molar-refractivity contribution in [3.05, 3.63) is 18.2 Å². The molecule has 0 bridgehead atoms. The number of aromatic hydroxyl groups is 1. The molecule has 0 atom stereocenters. The monoisotopic (exact) mass is 223 g/mol. The van der Waals surface area contributed by atoms with Gasteiger partial charge in [-0.2, -0.15) is 0 Å². The molecule has 5 heteroatoms. The second kappa shape index (κ2) is 5.25. The fourth-order valence-corrected chi connectivity index (χ4v) is 1.21. The van der Waals surface area contributed by atoms with Crippen molar-refractivity contribution in [3.8, 4) is 5.75 Å². The zero-order chi connectivity index (χ0) is 12.1. The normalized spacial score (nSPS) is 10.0. The van der Waals surface area contributed by atoms with E-state index in [2.05, 4.69) is 16.0 Å². The van der Waals surface area contributed by atoms with Crippen LogP contribution in [0.3, 0.4) is 0 Å². The van der Waals surface area contributed by atoms with E-state index in [9.17, 15) is 9.90 Å². The highest BCUT2D eigenvalue weighted by molar-refractivity contribution is 5.91. The lowest BCUT2D eigenvalue weighted by Crippen LogP contribution is -2.34. The number of carbonyl (C=O) groups is 1. The van der Waals surface area contributed by atoms with Gasteiger partial charge in [0, 0.05) is 24.8 Å². The maximum absolute atomic E-state index is 11.4. The van der Waals surface area contributed by atoms with Gasteiger partial charge >= 0.3 is 6.03 Å². The molecule has 88 valence electrons. The molecule has 0 unspecified atom stereocenters. The van der Waals surface area contributed by atoms with Crippen LogP contribution in [0.4, 0.5) is 16.2 Å². The summed E-state index contributed by atoms with van der Waals surface area (Å²) in [6.07, 6.45) is 0. The average molecular weight is 223 g/mol. The van der Waals surface area contributed by atoms with Gasteiger partial charge in [-0.15, -0.1) is 0 Å². The first-order chi connectivity index (χ1) is 7.52. The Balaban J connectivity index is 2.70. The molecule has 0 aromatic heterocycles. The number of anilines is 2. The van der Waals surface area contributed by atoms with E-state index >= 15 is 0 Å². The standard InChI is InChI=1S/C11H17N3O2/c1-7(2)13-11(16)14-9-5-4-8(12-3)6-10(9)15/h4-7,12,15H,1-3H3,(H2,13,14,16). The minimum Gasteiger partial charge on any atom is -0.506 e. The first-order valence-corrected chi connectivity index (χ1v) is 5.11. The van der Waals surface area contributed by atoms with Gasteiger partial charge < -0.3 is 21.1 Å². The Labute approximate surface area is 94.9 Å². The summed E-state index contributed by atoms with van der Waals surface area (Å²) >= 11 is 0. The fourth-order valence-electron chi connectivity index (χ4n) is 1.21. The zero-order valence-corrected chi connectivity index (χ0v) is 9.66. The summed E-state index contributed by atoms with van der Waals surface area (Å²) in [6, 6.07) is 4.68. The fraction of sp³-hybridized carbons (Fsp3) is 0.364. The number of nitrogens with one attached hydrogen (secondary N) is 3. The Kier molecular flexibility index (Phi) is 3.99. The lowest BCUT2D eigenvalue weighted by atomic mass is 10.2. The van der Waals surface area contributed by atoms with Crippen molar-refractivity contribution in [3.63, 3.8) is 0 Å². The molecule has 0 saturated carbocycles. The molecule has 1 rings (SSSR count). The molecule has 0 spiro atoms. The number of rotatable bonds is 3. The Bertz CT molecular complexity index is 377. The number of hydrogen-bond acceptors (Lipinski definition) is 3. The highest BCUT2D eigenvalue weighted by Gasteiger charge is 2.07. The Hall–Kier alpha value is -1.91. The minimum atomic E-state index is -0.331. The van der Waals surface area contributed by atoms with Crippen molar-refractivity contribution in [1.82, 2.24) is 5.32 Å². The van der Waals surface area contributed by atoms with Gasteiger partial charge in [0.1, 0.15) is 5.75 Å². The Morgan fingerprint density at radius 1 is 1.38 bits per heavy atom. The molecule has 0 aliphatic carbocycles. The van der Waals surface area contributed by atoms with Crippen molar-refractivity contribution < 1.29 is 9.90 Å². The molecule has 0 saturated heterocycles. The van der Waals surface area contributed by atoms with Gasteiger partial charge in [0.05, 0.1) is 5.69 Å². The van der Waals surface area contributed by atoms with Gasteiger partial charge in [-0.05, 0) is 26.0 Å². The third kappa shape index (κ3) is 3.34. The lowest BCUT2D eigenvalue weighted by molar-refractivity contribution is 0.250. The molecule has 0 fully saturated rings. The van der Waals surface area contributed by atoms with E-state index in [4.69, 9.17) is 0 Å². The summed E-state index contributed by atoms with van der Waals surface area (Å²) < 4.78 is 0. The minimum absolute atomic E-state index is 0.0331. The van der Waals surface area contributed by atoms with Crippen LogP contribution in [0, 0.1) is 0 Å². The highest BCUT2D eigenvalue weighted by atomic mass is 16.3. The second-order valence-corrected chi connectivity index (χ2v) is 3.74. The van der Waals surface area contributed by atoms with Crippen molar-refractivity contribution in [2.24, 2.45) is 0 Å². The number of urea groups is 1. The largest absolute Gasteiger partial charge is 0.506 e. The highest BCUT2D eigenvalue weighted by Crippen LogP contribution is 2.26. The van der Waals surface area contributed by atoms with E-state index in [1.165, 1.54) is 0 Å². The van der Waals surface area contributed by atoms with Crippen molar-refractivity contribution in [1.29, 1.82) is 0 Å². The van der Waals surface area contributed by atoms with Crippen LogP contribution in [0.1, 0.15) is 13.8 Å². The first kappa shape index (κ1) is 12.2. The molecule has 4 N–H and O–H groups in total. The van der Waals surface area contributed by atoms with Gasteiger partial charge in [-0.1, -0.05) is 0 Å². The van der Waals surface area contributed by atoms with Gasteiger partial charge in [0.25, 0.3) is 0 Å². The summed E-state index contributed by atoms with van der Waals surface area (Å²) in [4.78, 5) is 11.4. The zero-order valence-electron chi connectivity index (χ0n) is 9.66. The summed E-state index contributed by atoms with van der Waals surface area (Å²) in [5.41, 5.74) is 1.17. The van der Waals surface area contributed by atoms with Crippen LogP contribution in [0.5, 0.6) is 5.75 Å². The molecular weight excluding hydrogens is 206 g/mol. The molecule has 16 heavy (non-hydrogen) atoms. The van der Waals surface area contributed by atoms with Crippen molar-refractivity contribution >= 4 is 17.4 Å². The quantitative estimate of drug-likeness (QED) is 0.592. The van der Waals surface area contributed by atoms with Crippen LogP contribution in [0.2, 0.25) is 0 Å².